The molecule has 92 heavy (non-hydrogen) atoms. The van der Waals surface area contributed by atoms with Crippen molar-refractivity contribution in [2.24, 2.45) is 27.9 Å². The molecule has 0 aromatic carbocycles. The van der Waals surface area contributed by atoms with Gasteiger partial charge in [-0.25, -0.2) is 48.2 Å². The first-order chi connectivity index (χ1) is 34.1. The number of aromatic nitrogens is 8. The van der Waals surface area contributed by atoms with Crippen LogP contribution in [0.3, 0.4) is 0 Å². The Bertz CT molecular complexity index is 2650. The molecule has 0 bridgehead atoms. The summed E-state index contributed by atoms with van der Waals surface area (Å²) in [5.74, 6) is -3.30. The highest BCUT2D eigenvalue weighted by atomic mass is 35.5. The zero-order valence-electron chi connectivity index (χ0n) is 49.5. The van der Waals surface area contributed by atoms with E-state index in [0.29, 0.717) is 5.69 Å². The second-order valence-corrected chi connectivity index (χ2v) is 15.3. The van der Waals surface area contributed by atoms with Crippen molar-refractivity contribution in [1.29, 1.82) is 5.26 Å². The number of rotatable bonds is 6. The van der Waals surface area contributed by atoms with Crippen molar-refractivity contribution in [2.75, 3.05) is 51.1 Å². The fourth-order valence-corrected chi connectivity index (χ4v) is 3.79. The number of carbonyl (C=O) groups excluding carboxylic acids is 9. The molecule has 0 saturated carbocycles. The van der Waals surface area contributed by atoms with Crippen molar-refractivity contribution in [3.05, 3.63) is 48.1 Å². The highest BCUT2D eigenvalue weighted by Crippen LogP contribution is 2.12. The summed E-state index contributed by atoms with van der Waals surface area (Å²) < 4.78 is 2.08. The number of nitrogens with one attached hydrogen (secondary N) is 9. The molecule has 0 aliphatic carbocycles. The topological polar surface area (TPSA) is 612 Å². The SMILES string of the molecule is CC(=O)O.CC(C)(C)NC(=O)c1[nH]cnc1N.CNC(=O)N=CNC(=O)NC.CNC(=O)n1cnc(C(=O)NC(C)(C)C)c1N.CNC(=O)n1cnc(C(N)=O)c1N.Cl.Cl.Cl.Cl.Cl.Cl.Cl.Cl.Cl.Cl.Cl.Cl.Cl.Cl.Cl.Cl.Cl.Cl.N#CC(N)C(N)=O.NC(=O)c1[nH]cnc1N. The fraction of sp³-hybridized carbons (Fsp3) is 0.368. The number of aliphatic carboxylic acids is 1. The number of nitrogens with zero attached hydrogens (tertiary/aromatic N) is 8. The van der Waals surface area contributed by atoms with Gasteiger partial charge in [0.2, 0.25) is 5.91 Å². The molecule has 1 unspecified atom stereocenters. The zero-order valence-corrected chi connectivity index (χ0v) is 64.2. The van der Waals surface area contributed by atoms with E-state index in [9.17, 15) is 43.2 Å². The largest absolute Gasteiger partial charge is 0.481 e. The van der Waals surface area contributed by atoms with Gasteiger partial charge in [0.15, 0.2) is 29.1 Å². The number of carboxylic acids is 1. The number of urea groups is 2. The monoisotopic (exact) mass is 1700 g/mol. The summed E-state index contributed by atoms with van der Waals surface area (Å²) in [5.41, 5.74) is 40.7. The second kappa shape index (κ2) is 76.6. The van der Waals surface area contributed by atoms with Gasteiger partial charge < -0.3 is 92.8 Å². The van der Waals surface area contributed by atoms with Crippen LogP contribution in [0.5, 0.6) is 0 Å². The Labute approximate surface area is 640 Å². The molecule has 4 rings (SSSR count). The van der Waals surface area contributed by atoms with Crippen LogP contribution in [0, 0.1) is 11.3 Å². The maximum atomic E-state index is 11.8. The van der Waals surface area contributed by atoms with Gasteiger partial charge in [0.05, 0.1) is 18.7 Å². The number of amides is 11. The van der Waals surface area contributed by atoms with E-state index in [0.717, 1.165) is 28.7 Å². The number of hydrogen-bond acceptors (Lipinski definition) is 20. The molecular formula is C38H83Cl18N25O11. The van der Waals surface area contributed by atoms with Crippen LogP contribution in [0.1, 0.15) is 90.4 Å². The fourth-order valence-electron chi connectivity index (χ4n) is 3.79. The lowest BCUT2D eigenvalue weighted by Crippen LogP contribution is -2.41. The molecule has 0 saturated heterocycles. The summed E-state index contributed by atoms with van der Waals surface area (Å²) in [6.45, 7) is 12.3. The van der Waals surface area contributed by atoms with E-state index in [2.05, 4.69) is 77.8 Å². The Morgan fingerprint density at radius 2 is 0.880 bits per heavy atom. The molecule has 1 atom stereocenters. The maximum absolute atomic E-state index is 11.8. The Morgan fingerprint density at radius 1 is 0.554 bits per heavy atom. The van der Waals surface area contributed by atoms with E-state index in [1.807, 2.05) is 41.5 Å². The van der Waals surface area contributed by atoms with Gasteiger partial charge in [0, 0.05) is 46.2 Å². The molecular weight excluding hydrogens is 1620 g/mol. The minimum atomic E-state index is -1.15. The second-order valence-electron chi connectivity index (χ2n) is 15.3. The maximum Gasteiger partial charge on any atom is 0.342 e. The van der Waals surface area contributed by atoms with Gasteiger partial charge in [0.1, 0.15) is 42.0 Å². The van der Waals surface area contributed by atoms with Crippen molar-refractivity contribution in [1.82, 2.24) is 76.3 Å². The van der Waals surface area contributed by atoms with Crippen LogP contribution in [0.15, 0.2) is 30.3 Å². The number of imidazole rings is 4. The summed E-state index contributed by atoms with van der Waals surface area (Å²) in [6.07, 6.45) is 6.07. The standard InChI is InChI=1S/C10H17N5O2.C8H14N4O.C6H9N5O2.C5H10N4O2.C4H6N4O.C3H5N3O.C2H4O2.18ClH/c1-10(2,3)14-8(16)6-7(11)15(5-13-6)9(17)12-4;1-8(2,3)12-7(13)5-6(9)11-4-10-5;1-9-6(13)11-2-10-3(4(11)7)5(8)12;1-6-4(10)8-3-9-5(11)7-2;5-3-2(4(6)9)7-1-8-3;4-1-2(5)3(6)7;1-2(3)4;;;;;;;;;;;;;;;;;;/h5H,11H2,1-4H3,(H,12,17)(H,14,16);4H,9H2,1-3H3,(H,10,11)(H,12,13);2H,7H2,1H3,(H2,8,12)(H,9,13);3H,1-2H3,(H3,6,7,8,9,10,11);1H,5H2,(H2,6,9)(H,7,8);2H,5H2,(H2,6,7);1H3,(H,3,4);18*1H. The number of nitriles is 1. The molecule has 54 heteroatoms. The van der Waals surface area contributed by atoms with E-state index in [1.165, 1.54) is 53.2 Å². The normalized spacial score (nSPS) is 8.21. The van der Waals surface area contributed by atoms with E-state index in [4.69, 9.17) is 55.3 Å². The number of hydrogen-bond donors (Lipinski definition) is 18. The summed E-state index contributed by atoms with van der Waals surface area (Å²) in [5, 5.41) is 32.2. The average molecular weight is 1700 g/mol. The van der Waals surface area contributed by atoms with Crippen molar-refractivity contribution < 1.29 is 53.1 Å². The molecule has 4 aromatic rings. The molecule has 0 aliphatic heterocycles. The van der Waals surface area contributed by atoms with Crippen molar-refractivity contribution in [3.8, 4) is 6.07 Å². The number of anilines is 4. The molecule has 36 nitrogen and oxygen atoms in total. The van der Waals surface area contributed by atoms with Crippen molar-refractivity contribution in [2.45, 2.75) is 65.6 Å². The van der Waals surface area contributed by atoms with Crippen LogP contribution in [0.2, 0.25) is 0 Å². The molecule has 4 aromatic heterocycles. The van der Waals surface area contributed by atoms with Gasteiger partial charge in [0.25, 0.3) is 29.6 Å². The number of aliphatic imine (C=N–C) groups is 1. The number of primary amides is 3. The van der Waals surface area contributed by atoms with Gasteiger partial charge >= 0.3 is 24.1 Å². The number of halogens is 18. The molecule has 4 heterocycles. The Kier molecular flexibility index (Phi) is 123. The zero-order chi connectivity index (χ0) is 58.3. The van der Waals surface area contributed by atoms with Crippen molar-refractivity contribution in [3.63, 3.8) is 0 Å². The van der Waals surface area contributed by atoms with Crippen LogP contribution >= 0.6 is 223 Å². The summed E-state index contributed by atoms with van der Waals surface area (Å²) >= 11 is 0. The minimum absolute atomic E-state index is 0. The first kappa shape index (κ1) is 148. The van der Waals surface area contributed by atoms with Gasteiger partial charge in [-0.1, -0.05) is 0 Å². The molecule has 0 aliphatic rings. The Morgan fingerprint density at radius 3 is 1.11 bits per heavy atom. The number of carbonyl (C=O) groups is 10. The number of nitrogens with two attached hydrogens (primary N) is 8. The molecule has 26 N–H and O–H groups in total. The van der Waals surface area contributed by atoms with Crippen molar-refractivity contribution >= 4 is 313 Å². The third kappa shape index (κ3) is 66.3. The third-order valence-electron chi connectivity index (χ3n) is 6.97. The third-order valence-corrected chi connectivity index (χ3v) is 6.97. The van der Waals surface area contributed by atoms with Crippen LogP contribution < -0.4 is 83.1 Å². The van der Waals surface area contributed by atoms with E-state index in [1.54, 1.807) is 0 Å². The quantitative estimate of drug-likeness (QED) is 0.0963. The van der Waals surface area contributed by atoms with Crippen LogP contribution in [-0.2, 0) is 9.59 Å². The number of nitrogen functional groups attached to an aromatic ring is 4. The molecule has 0 spiro atoms. The number of aromatic amines is 2. The lowest BCUT2D eigenvalue weighted by atomic mass is 10.1. The van der Waals surface area contributed by atoms with Gasteiger partial charge in [-0.15, -0.1) is 223 Å². The molecule has 0 radical (unpaired) electrons. The van der Waals surface area contributed by atoms with Gasteiger partial charge in [-0.3, -0.25) is 34.1 Å². The minimum Gasteiger partial charge on any atom is -0.481 e. The van der Waals surface area contributed by atoms with Crippen LogP contribution in [0.4, 0.5) is 42.4 Å². The lowest BCUT2D eigenvalue weighted by Gasteiger charge is -2.19. The summed E-state index contributed by atoms with van der Waals surface area (Å²) in [7, 11) is 5.81. The lowest BCUT2D eigenvalue weighted by molar-refractivity contribution is -0.134. The summed E-state index contributed by atoms with van der Waals surface area (Å²) in [4.78, 5) is 130. The number of carboxylic acid groups (broad SMARTS) is 1. The predicted octanol–water partition coefficient (Wildman–Crippen LogP) is 3.83. The van der Waals surface area contributed by atoms with E-state index in [-0.39, 0.29) is 281 Å². The van der Waals surface area contributed by atoms with Gasteiger partial charge in [-0.2, -0.15) is 10.3 Å². The van der Waals surface area contributed by atoms with Gasteiger partial charge in [-0.05, 0) is 41.5 Å². The molecule has 0 fully saturated rings. The Balaban J connectivity index is -0.0000000333. The first-order valence-corrected chi connectivity index (χ1v) is 20.4. The smallest absolute Gasteiger partial charge is 0.342 e. The highest BCUT2D eigenvalue weighted by Gasteiger charge is 2.23. The number of H-pyrrole nitrogens is 2. The van der Waals surface area contributed by atoms with Crippen LogP contribution in [0.25, 0.3) is 0 Å². The van der Waals surface area contributed by atoms with E-state index < -0.39 is 59.8 Å². The first-order valence-electron chi connectivity index (χ1n) is 20.4. The summed E-state index contributed by atoms with van der Waals surface area (Å²) in [6, 6.07) is -1.53. The van der Waals surface area contributed by atoms with Crippen LogP contribution in [-0.4, -0.2) is 155 Å². The average Bonchev–Trinajstić information content (AvgIpc) is 4.12. The van der Waals surface area contributed by atoms with E-state index >= 15 is 0 Å². The molecule has 552 valence electrons. The Hall–Kier alpha value is -5.12. The molecule has 11 amide bonds. The predicted molar refractivity (Wildman–Crippen MR) is 398 cm³/mol. The highest BCUT2D eigenvalue weighted by molar-refractivity contribution is 6.00.